The highest BCUT2D eigenvalue weighted by Gasteiger charge is 2.64. The average Bonchev–Trinajstić information content (AvgIpc) is 3.18. The van der Waals surface area contributed by atoms with Gasteiger partial charge in [0.15, 0.2) is 5.78 Å². The van der Waals surface area contributed by atoms with E-state index < -0.39 is 35.0 Å². The van der Waals surface area contributed by atoms with Crippen molar-refractivity contribution in [1.82, 2.24) is 5.32 Å². The summed E-state index contributed by atoms with van der Waals surface area (Å²) in [6.45, 7) is 5.64. The van der Waals surface area contributed by atoms with Gasteiger partial charge in [0.25, 0.3) is 0 Å². The Morgan fingerprint density at radius 1 is 1.00 bits per heavy atom. The van der Waals surface area contributed by atoms with Crippen molar-refractivity contribution in [3.05, 3.63) is 101 Å². The SMILES string of the molecule is CC(C)(C)OC(=O)[C@H]1N[C@@H](c2ccccc2)[C@]2(COc3ccc(Cl)cc3C2=O)[C@@H]1c1ccccc1. The Balaban J connectivity index is 1.73. The Morgan fingerprint density at radius 2 is 1.63 bits per heavy atom. The lowest BCUT2D eigenvalue weighted by atomic mass is 9.62. The first-order valence-corrected chi connectivity index (χ1v) is 12.1. The van der Waals surface area contributed by atoms with Crippen molar-refractivity contribution in [2.24, 2.45) is 5.41 Å². The second kappa shape index (κ2) is 8.81. The highest BCUT2D eigenvalue weighted by atomic mass is 35.5. The smallest absolute Gasteiger partial charge is 0.324 e. The normalized spacial score (nSPS) is 25.7. The maximum atomic E-state index is 14.5. The Labute approximate surface area is 210 Å². The number of ether oxygens (including phenoxy) is 2. The van der Waals surface area contributed by atoms with Gasteiger partial charge in [0, 0.05) is 17.0 Å². The van der Waals surface area contributed by atoms with Crippen molar-refractivity contribution < 1.29 is 19.1 Å². The molecule has 3 aromatic rings. The zero-order valence-corrected chi connectivity index (χ0v) is 20.7. The van der Waals surface area contributed by atoms with E-state index >= 15 is 0 Å². The summed E-state index contributed by atoms with van der Waals surface area (Å²) in [6.07, 6.45) is 0. The summed E-state index contributed by atoms with van der Waals surface area (Å²) in [5.41, 5.74) is 0.434. The lowest BCUT2D eigenvalue weighted by molar-refractivity contribution is -0.157. The van der Waals surface area contributed by atoms with Gasteiger partial charge in [-0.05, 0) is 50.1 Å². The Kier molecular flexibility index (Phi) is 5.94. The van der Waals surface area contributed by atoms with Gasteiger partial charge in [-0.3, -0.25) is 14.9 Å². The summed E-state index contributed by atoms with van der Waals surface area (Å²) in [6, 6.07) is 23.3. The van der Waals surface area contributed by atoms with Gasteiger partial charge in [0.1, 0.15) is 24.0 Å². The van der Waals surface area contributed by atoms with E-state index in [1.54, 1.807) is 18.2 Å². The maximum absolute atomic E-state index is 14.5. The molecule has 0 bridgehead atoms. The first kappa shape index (κ1) is 23.6. The molecule has 5 nitrogen and oxygen atoms in total. The van der Waals surface area contributed by atoms with Crippen LogP contribution >= 0.6 is 11.6 Å². The van der Waals surface area contributed by atoms with Crippen LogP contribution in [0.5, 0.6) is 5.75 Å². The van der Waals surface area contributed by atoms with Gasteiger partial charge in [-0.25, -0.2) is 0 Å². The van der Waals surface area contributed by atoms with Crippen LogP contribution in [-0.4, -0.2) is 30.0 Å². The molecule has 1 saturated heterocycles. The van der Waals surface area contributed by atoms with Crippen LogP contribution < -0.4 is 10.1 Å². The minimum Gasteiger partial charge on any atom is -0.492 e. The number of ketones is 1. The topological polar surface area (TPSA) is 64.6 Å². The molecule has 2 aliphatic heterocycles. The number of rotatable bonds is 3. The molecule has 1 N–H and O–H groups in total. The first-order chi connectivity index (χ1) is 16.7. The molecule has 3 aromatic carbocycles. The number of nitrogens with one attached hydrogen (secondary N) is 1. The molecule has 2 aliphatic rings. The lowest BCUT2D eigenvalue weighted by Crippen LogP contribution is -2.48. The number of halogens is 1. The van der Waals surface area contributed by atoms with Crippen LogP contribution in [0.2, 0.25) is 5.02 Å². The fraction of sp³-hybridized carbons (Fsp3) is 0.310. The van der Waals surface area contributed by atoms with Crippen molar-refractivity contribution in [3.8, 4) is 5.75 Å². The molecule has 0 radical (unpaired) electrons. The third kappa shape index (κ3) is 4.13. The summed E-state index contributed by atoms with van der Waals surface area (Å²) >= 11 is 6.30. The number of fused-ring (bicyclic) bond motifs is 1. The van der Waals surface area contributed by atoms with Crippen LogP contribution in [0.15, 0.2) is 78.9 Å². The standard InChI is InChI=1S/C29H28ClNO4/c1-28(2,3)35-27(33)24-23(18-10-6-4-7-11-18)29(25(31-24)19-12-8-5-9-13-19)17-34-22-15-14-20(30)16-21(22)26(29)32/h4-16,23-25,31H,17H2,1-3H3/t23-,24+,25+,29+/m1/s1. The highest BCUT2D eigenvalue weighted by molar-refractivity contribution is 6.31. The van der Waals surface area contributed by atoms with Gasteiger partial charge in [-0.2, -0.15) is 0 Å². The van der Waals surface area contributed by atoms with Crippen molar-refractivity contribution in [3.63, 3.8) is 0 Å². The summed E-state index contributed by atoms with van der Waals surface area (Å²) in [5.74, 6) is -0.510. The molecule has 0 aromatic heterocycles. The Bertz CT molecular complexity index is 1250. The molecule has 4 atom stereocenters. The summed E-state index contributed by atoms with van der Waals surface area (Å²) in [4.78, 5) is 28.1. The highest BCUT2D eigenvalue weighted by Crippen LogP contribution is 2.57. The fourth-order valence-electron chi connectivity index (χ4n) is 5.42. The second-order valence-corrected chi connectivity index (χ2v) is 10.6. The molecule has 35 heavy (non-hydrogen) atoms. The zero-order chi connectivity index (χ0) is 24.8. The van der Waals surface area contributed by atoms with E-state index in [0.29, 0.717) is 16.3 Å². The summed E-state index contributed by atoms with van der Waals surface area (Å²) in [5, 5.41) is 3.96. The number of carbonyl (C=O) groups excluding carboxylic acids is 2. The van der Waals surface area contributed by atoms with E-state index in [9.17, 15) is 9.59 Å². The quantitative estimate of drug-likeness (QED) is 0.475. The molecule has 5 rings (SSSR count). The van der Waals surface area contributed by atoms with Crippen molar-refractivity contribution >= 4 is 23.4 Å². The molecule has 180 valence electrons. The monoisotopic (exact) mass is 489 g/mol. The van der Waals surface area contributed by atoms with Gasteiger partial charge < -0.3 is 9.47 Å². The van der Waals surface area contributed by atoms with E-state index in [-0.39, 0.29) is 12.4 Å². The van der Waals surface area contributed by atoms with E-state index in [0.717, 1.165) is 11.1 Å². The van der Waals surface area contributed by atoms with Crippen LogP contribution in [0, 0.1) is 5.41 Å². The van der Waals surface area contributed by atoms with Crippen LogP contribution in [0.1, 0.15) is 54.2 Å². The van der Waals surface area contributed by atoms with Gasteiger partial charge in [0.05, 0.1) is 11.0 Å². The minimum absolute atomic E-state index is 0.0949. The molecule has 2 heterocycles. The largest absolute Gasteiger partial charge is 0.492 e. The fourth-order valence-corrected chi connectivity index (χ4v) is 5.60. The third-order valence-corrected chi connectivity index (χ3v) is 7.01. The number of hydrogen-bond acceptors (Lipinski definition) is 5. The van der Waals surface area contributed by atoms with Crippen LogP contribution in [-0.2, 0) is 9.53 Å². The molecular formula is C29H28ClNO4. The minimum atomic E-state index is -1.10. The zero-order valence-electron chi connectivity index (χ0n) is 20.0. The number of carbonyl (C=O) groups is 2. The Hall–Kier alpha value is -3.15. The van der Waals surface area contributed by atoms with Gasteiger partial charge in [-0.15, -0.1) is 0 Å². The predicted molar refractivity (Wildman–Crippen MR) is 135 cm³/mol. The van der Waals surface area contributed by atoms with Gasteiger partial charge in [-0.1, -0.05) is 72.3 Å². The van der Waals surface area contributed by atoms with E-state index in [1.165, 1.54) is 0 Å². The second-order valence-electron chi connectivity index (χ2n) is 10.2. The lowest BCUT2D eigenvalue weighted by Gasteiger charge is -2.42. The molecule has 6 heteroatoms. The number of hydrogen-bond donors (Lipinski definition) is 1. The van der Waals surface area contributed by atoms with Crippen LogP contribution in [0.3, 0.4) is 0 Å². The predicted octanol–water partition coefficient (Wildman–Crippen LogP) is 5.74. The average molecular weight is 490 g/mol. The molecule has 0 amide bonds. The summed E-state index contributed by atoms with van der Waals surface area (Å²) in [7, 11) is 0. The van der Waals surface area contributed by atoms with E-state index in [1.807, 2.05) is 81.4 Å². The molecular weight excluding hydrogens is 462 g/mol. The Morgan fingerprint density at radius 3 is 2.26 bits per heavy atom. The number of benzene rings is 3. The molecule has 0 aliphatic carbocycles. The number of Topliss-reactive ketones (excluding diaryl/α,β-unsaturated/α-hetero) is 1. The number of esters is 1. The first-order valence-electron chi connectivity index (χ1n) is 11.8. The maximum Gasteiger partial charge on any atom is 0.324 e. The molecule has 1 spiro atoms. The molecule has 1 fully saturated rings. The van der Waals surface area contributed by atoms with Gasteiger partial charge in [0.2, 0.25) is 0 Å². The van der Waals surface area contributed by atoms with Crippen LogP contribution in [0.4, 0.5) is 0 Å². The van der Waals surface area contributed by atoms with Crippen molar-refractivity contribution in [2.45, 2.75) is 44.4 Å². The van der Waals surface area contributed by atoms with Gasteiger partial charge >= 0.3 is 5.97 Å². The van der Waals surface area contributed by atoms with Crippen LogP contribution in [0.25, 0.3) is 0 Å². The van der Waals surface area contributed by atoms with E-state index in [4.69, 9.17) is 21.1 Å². The summed E-state index contributed by atoms with van der Waals surface area (Å²) < 4.78 is 12.1. The third-order valence-electron chi connectivity index (χ3n) is 6.78. The molecule has 0 saturated carbocycles. The van der Waals surface area contributed by atoms with E-state index in [2.05, 4.69) is 5.32 Å². The van der Waals surface area contributed by atoms with Crippen molar-refractivity contribution in [2.75, 3.05) is 6.61 Å². The van der Waals surface area contributed by atoms with Crippen molar-refractivity contribution in [1.29, 1.82) is 0 Å². The molecule has 0 unspecified atom stereocenters.